The van der Waals surface area contributed by atoms with Crippen molar-refractivity contribution in [2.45, 2.75) is 50.8 Å². The second-order valence-electron chi connectivity index (χ2n) is 10.6. The first-order chi connectivity index (χ1) is 20.9. The number of amides is 3. The number of hydrogen-bond donors (Lipinski definition) is 3. The Balaban J connectivity index is 1.31. The molecule has 43 heavy (non-hydrogen) atoms. The Morgan fingerprint density at radius 2 is 1.84 bits per heavy atom. The van der Waals surface area contributed by atoms with Crippen LogP contribution in [-0.2, 0) is 33.8 Å². The Morgan fingerprint density at radius 3 is 2.60 bits per heavy atom. The molecule has 12 heteroatoms. The molecule has 0 aliphatic carbocycles. The molecule has 6 heterocycles. The van der Waals surface area contributed by atoms with Crippen LogP contribution in [0.15, 0.2) is 59.4 Å². The number of hydrogen-bond acceptors (Lipinski definition) is 8. The summed E-state index contributed by atoms with van der Waals surface area (Å²) in [6.45, 7) is 0.848. The molecule has 8 rings (SSSR count). The lowest BCUT2D eigenvalue weighted by atomic mass is 10.0. The number of aromatic nitrogens is 2. The van der Waals surface area contributed by atoms with E-state index in [0.717, 1.165) is 11.1 Å². The molecule has 3 amide bonds. The first kappa shape index (κ1) is 29.6. The monoisotopic (exact) mass is 589 g/mol. The molecular formula is C31H35N5O7. The molecule has 4 bridgehead atoms. The summed E-state index contributed by atoms with van der Waals surface area (Å²) in [4.78, 5) is 51.6. The average Bonchev–Trinajstić information content (AvgIpc) is 3.02. The van der Waals surface area contributed by atoms with Gasteiger partial charge in [-0.05, 0) is 47.9 Å². The number of carbonyl (C=O) groups excluding carboxylic acids is 3. The van der Waals surface area contributed by atoms with Crippen molar-refractivity contribution in [1.82, 2.24) is 25.7 Å². The molecule has 5 aliphatic rings. The minimum atomic E-state index is -0.492. The summed E-state index contributed by atoms with van der Waals surface area (Å²) in [5.41, 5.74) is 2.16. The van der Waals surface area contributed by atoms with Gasteiger partial charge in [-0.2, -0.15) is 5.10 Å². The average molecular weight is 590 g/mol. The van der Waals surface area contributed by atoms with Crippen LogP contribution in [0.25, 0.3) is 0 Å². The summed E-state index contributed by atoms with van der Waals surface area (Å²) in [6, 6.07) is 15.3. The smallest absolute Gasteiger partial charge is 0.264 e. The van der Waals surface area contributed by atoms with Crippen LogP contribution in [0.3, 0.4) is 0 Å². The van der Waals surface area contributed by atoms with Gasteiger partial charge in [0, 0.05) is 51.4 Å². The minimum absolute atomic E-state index is 0.0650. The highest BCUT2D eigenvalue weighted by molar-refractivity contribution is 5.79. The molecule has 2 aromatic carbocycles. The van der Waals surface area contributed by atoms with Crippen molar-refractivity contribution < 1.29 is 28.6 Å². The van der Waals surface area contributed by atoms with E-state index in [1.54, 1.807) is 23.1 Å². The lowest BCUT2D eigenvalue weighted by molar-refractivity contribution is -0.135. The van der Waals surface area contributed by atoms with Gasteiger partial charge in [0.2, 0.25) is 11.8 Å². The predicted molar refractivity (Wildman–Crippen MR) is 156 cm³/mol. The van der Waals surface area contributed by atoms with Gasteiger partial charge in [-0.15, -0.1) is 0 Å². The zero-order chi connectivity index (χ0) is 30.2. The number of ether oxygens (including phenoxy) is 3. The number of methoxy groups -OCH3 is 1. The first-order valence-electron chi connectivity index (χ1n) is 14.3. The van der Waals surface area contributed by atoms with Gasteiger partial charge in [-0.3, -0.25) is 19.2 Å². The van der Waals surface area contributed by atoms with E-state index in [4.69, 9.17) is 14.2 Å². The standard InChI is InChI=1S/C31H35N5O7/c1-41-27-16-20-4-10-26(27)42-19-30(39)33-24-18-36(31(40)13-7-22-6-12-29(38)35-34-22)15-14-25(24)43-23-8-2-21(3-9-23)17-32-28(37)11-5-20/h2-4,6,8-10,12,16,24-25H,5,7,11,13-15,17-19H2,1H3,(H,32,37)(H,33,39)(H,35,38)/t24-,25-/m1/s1. The van der Waals surface area contributed by atoms with Gasteiger partial charge in [-0.25, -0.2) is 5.10 Å². The molecule has 5 aliphatic heterocycles. The van der Waals surface area contributed by atoms with Crippen molar-refractivity contribution in [1.29, 1.82) is 0 Å². The second-order valence-corrected chi connectivity index (χ2v) is 10.6. The van der Waals surface area contributed by atoms with Crippen molar-refractivity contribution in [3.8, 4) is 17.2 Å². The van der Waals surface area contributed by atoms with Crippen molar-refractivity contribution in [2.24, 2.45) is 0 Å². The van der Waals surface area contributed by atoms with Crippen LogP contribution in [-0.4, -0.2) is 71.8 Å². The third kappa shape index (κ3) is 8.12. The van der Waals surface area contributed by atoms with Crippen LogP contribution in [0.5, 0.6) is 17.2 Å². The number of carbonyl (C=O) groups is 3. The fourth-order valence-corrected chi connectivity index (χ4v) is 5.13. The number of aromatic amines is 1. The number of nitrogens with zero attached hydrogens (tertiary/aromatic N) is 2. The maximum absolute atomic E-state index is 13.1. The lowest BCUT2D eigenvalue weighted by Gasteiger charge is -2.39. The molecule has 1 aromatic heterocycles. The van der Waals surface area contributed by atoms with Crippen LogP contribution in [0, 0.1) is 0 Å². The maximum Gasteiger partial charge on any atom is 0.264 e. The highest BCUT2D eigenvalue weighted by Gasteiger charge is 2.34. The van der Waals surface area contributed by atoms with E-state index in [9.17, 15) is 19.2 Å². The summed E-state index contributed by atoms with van der Waals surface area (Å²) in [6.07, 6.45) is 1.54. The van der Waals surface area contributed by atoms with Crippen LogP contribution >= 0.6 is 0 Å². The van der Waals surface area contributed by atoms with Crippen LogP contribution < -0.4 is 30.4 Å². The fraction of sp³-hybridized carbons (Fsp3) is 0.387. The highest BCUT2D eigenvalue weighted by atomic mass is 16.5. The molecule has 0 radical (unpaired) electrons. The summed E-state index contributed by atoms with van der Waals surface area (Å²) >= 11 is 0. The van der Waals surface area contributed by atoms with Gasteiger partial charge < -0.3 is 29.7 Å². The Labute approximate surface area is 248 Å². The van der Waals surface area contributed by atoms with E-state index in [1.807, 2.05) is 30.3 Å². The predicted octanol–water partition coefficient (Wildman–Crippen LogP) is 1.52. The summed E-state index contributed by atoms with van der Waals surface area (Å²) in [5, 5.41) is 12.3. The van der Waals surface area contributed by atoms with Gasteiger partial charge in [-0.1, -0.05) is 18.2 Å². The Kier molecular flexibility index (Phi) is 9.55. The van der Waals surface area contributed by atoms with Gasteiger partial charge in [0.1, 0.15) is 11.9 Å². The second kappa shape index (κ2) is 13.9. The number of nitrogens with one attached hydrogen (secondary N) is 3. The topological polar surface area (TPSA) is 152 Å². The zero-order valence-corrected chi connectivity index (χ0v) is 24.0. The molecule has 12 nitrogen and oxygen atoms in total. The maximum atomic E-state index is 13.1. The van der Waals surface area contributed by atoms with Crippen molar-refractivity contribution in [2.75, 3.05) is 26.8 Å². The molecule has 1 saturated heterocycles. The number of likely N-dealkylation sites (tertiary alicyclic amines) is 1. The summed E-state index contributed by atoms with van der Waals surface area (Å²) in [5.74, 6) is 0.983. The Morgan fingerprint density at radius 1 is 1.02 bits per heavy atom. The normalized spacial score (nSPS) is 19.3. The molecule has 0 unspecified atom stereocenters. The zero-order valence-electron chi connectivity index (χ0n) is 24.0. The van der Waals surface area contributed by atoms with Crippen molar-refractivity contribution in [3.05, 3.63) is 81.8 Å². The quantitative estimate of drug-likeness (QED) is 0.414. The number of H-pyrrole nitrogens is 1. The number of benzene rings is 2. The third-order valence-corrected chi connectivity index (χ3v) is 7.51. The van der Waals surface area contributed by atoms with Crippen molar-refractivity contribution in [3.63, 3.8) is 0 Å². The summed E-state index contributed by atoms with van der Waals surface area (Å²) < 4.78 is 17.6. The van der Waals surface area contributed by atoms with Crippen LogP contribution in [0.4, 0.5) is 0 Å². The number of aryl methyl sites for hydroxylation is 2. The van der Waals surface area contributed by atoms with Gasteiger partial charge >= 0.3 is 0 Å². The number of piperidine rings is 1. The third-order valence-electron chi connectivity index (χ3n) is 7.51. The SMILES string of the molecule is COc1cc2ccc1OCC(=O)N[C@@H]1CN(C(=O)CCc3ccc(=O)[nH]n3)CC[C@H]1Oc1ccc(cc1)CNC(=O)CC2. The molecule has 3 aromatic rings. The molecule has 0 saturated carbocycles. The number of rotatable bonds is 4. The minimum Gasteiger partial charge on any atom is -0.493 e. The van der Waals surface area contributed by atoms with E-state index in [-0.39, 0.29) is 49.0 Å². The lowest BCUT2D eigenvalue weighted by Crippen LogP contribution is -2.58. The van der Waals surface area contributed by atoms with E-state index < -0.39 is 6.04 Å². The molecule has 3 N–H and O–H groups in total. The van der Waals surface area contributed by atoms with Gasteiger partial charge in [0.25, 0.3) is 11.5 Å². The fourth-order valence-electron chi connectivity index (χ4n) is 5.13. The first-order valence-corrected chi connectivity index (χ1v) is 14.3. The molecular weight excluding hydrogens is 554 g/mol. The molecule has 226 valence electrons. The molecule has 2 atom stereocenters. The summed E-state index contributed by atoms with van der Waals surface area (Å²) in [7, 11) is 1.52. The Hall–Kier alpha value is -4.87. The van der Waals surface area contributed by atoms with E-state index in [0.29, 0.717) is 61.7 Å². The van der Waals surface area contributed by atoms with Crippen LogP contribution in [0.2, 0.25) is 0 Å². The molecule has 1 fully saturated rings. The molecule has 0 spiro atoms. The van der Waals surface area contributed by atoms with E-state index in [1.165, 1.54) is 13.2 Å². The van der Waals surface area contributed by atoms with E-state index in [2.05, 4.69) is 20.8 Å². The largest absolute Gasteiger partial charge is 0.493 e. The van der Waals surface area contributed by atoms with E-state index >= 15 is 0 Å². The van der Waals surface area contributed by atoms with Gasteiger partial charge in [0.15, 0.2) is 18.1 Å². The van der Waals surface area contributed by atoms with Gasteiger partial charge in [0.05, 0.1) is 18.8 Å². The van der Waals surface area contributed by atoms with Crippen LogP contribution in [0.1, 0.15) is 36.1 Å². The highest BCUT2D eigenvalue weighted by Crippen LogP contribution is 2.29. The Bertz CT molecular complexity index is 1490. The van der Waals surface area contributed by atoms with Crippen molar-refractivity contribution >= 4 is 17.7 Å².